The molecule has 0 heterocycles. The van der Waals surface area contributed by atoms with Crippen LogP contribution in [0.2, 0.25) is 0 Å². The minimum absolute atomic E-state index is 0. The van der Waals surface area contributed by atoms with Gasteiger partial charge in [0.15, 0.2) is 10.0 Å². The van der Waals surface area contributed by atoms with Gasteiger partial charge in [-0.1, -0.05) is 48.5 Å². The molecule has 0 aliphatic heterocycles. The molecule has 0 aliphatic carbocycles. The molecule has 11 heteroatoms. The average Bonchev–Trinajstić information content (AvgIpc) is 2.56. The van der Waals surface area contributed by atoms with Gasteiger partial charge in [-0.3, -0.25) is 0 Å². The maximum atomic E-state index is 12.4. The Hall–Kier alpha value is -0.534. The molecule has 146 valence electrons. The fourth-order valence-corrected chi connectivity index (χ4v) is 5.13. The maximum absolute atomic E-state index is 12.4. The van der Waals surface area contributed by atoms with E-state index in [1.54, 1.807) is 24.3 Å². The van der Waals surface area contributed by atoms with E-state index in [4.69, 9.17) is 0 Å². The van der Waals surface area contributed by atoms with Gasteiger partial charge in [0.2, 0.25) is 0 Å². The van der Waals surface area contributed by atoms with Gasteiger partial charge in [0, 0.05) is 5.75 Å². The zero-order valence-corrected chi connectivity index (χ0v) is 19.4. The third kappa shape index (κ3) is 5.14. The average molecular weight is 457 g/mol. The maximum Gasteiger partial charge on any atom is 1.00 e. The van der Waals surface area contributed by atoms with Crippen molar-refractivity contribution in [3.8, 4) is 0 Å². The van der Waals surface area contributed by atoms with E-state index in [-0.39, 0.29) is 59.2 Å². The second-order valence-corrected chi connectivity index (χ2v) is 9.41. The van der Waals surface area contributed by atoms with Crippen LogP contribution >= 0.6 is 0 Å². The van der Waals surface area contributed by atoms with Crippen molar-refractivity contribution in [2.75, 3.05) is 5.75 Å². The first kappa shape index (κ1) is 23.7. The molecule has 0 radical (unpaired) electrons. The van der Waals surface area contributed by atoms with E-state index in [1.807, 2.05) is 30.3 Å². The van der Waals surface area contributed by atoms with Crippen molar-refractivity contribution in [3.63, 3.8) is 0 Å². The third-order valence-corrected chi connectivity index (χ3v) is 7.00. The van der Waals surface area contributed by atoms with Gasteiger partial charge in [-0.2, -0.15) is 13.2 Å². The summed E-state index contributed by atoms with van der Waals surface area (Å²) < 4.78 is 85.1. The zero-order valence-electron chi connectivity index (χ0n) is 15.6. The molecule has 3 aromatic carbocycles. The van der Waals surface area contributed by atoms with Crippen LogP contribution in [0.4, 0.5) is 13.2 Å². The second-order valence-electron chi connectivity index (χ2n) is 5.83. The van der Waals surface area contributed by atoms with Crippen LogP contribution in [0.25, 0.3) is 25.7 Å². The SMILES string of the molecule is O=S(=O)(CCc1c2ccccc2cc2ccccc12)[N-]S(=O)(=O)C(F)(F)F.[H-].[K+]. The quantitative estimate of drug-likeness (QED) is 0.427. The van der Waals surface area contributed by atoms with Crippen LogP contribution in [-0.4, -0.2) is 28.1 Å². The number of aryl methyl sites for hydroxylation is 1. The first-order chi connectivity index (χ1) is 12.5. The number of rotatable bonds is 5. The number of hydrogen-bond acceptors (Lipinski definition) is 4. The number of halogens is 3. The van der Waals surface area contributed by atoms with Crippen molar-refractivity contribution in [1.29, 1.82) is 0 Å². The van der Waals surface area contributed by atoms with Gasteiger partial charge >= 0.3 is 56.9 Å². The monoisotopic (exact) mass is 456 g/mol. The Labute approximate surface area is 204 Å². The van der Waals surface area contributed by atoms with Crippen molar-refractivity contribution in [2.24, 2.45) is 0 Å². The Kier molecular flexibility index (Phi) is 7.36. The topological polar surface area (TPSA) is 82.4 Å². The van der Waals surface area contributed by atoms with E-state index in [9.17, 15) is 30.0 Å². The van der Waals surface area contributed by atoms with Gasteiger partial charge < -0.3 is 5.55 Å². The summed E-state index contributed by atoms with van der Waals surface area (Å²) in [6, 6.07) is 16.3. The number of nitrogens with zero attached hydrogens (tertiary/aromatic N) is 1. The van der Waals surface area contributed by atoms with Crippen molar-refractivity contribution >= 4 is 41.6 Å². The summed E-state index contributed by atoms with van der Waals surface area (Å²) in [6.07, 6.45) is -0.179. The molecule has 0 aliphatic rings. The van der Waals surface area contributed by atoms with Crippen molar-refractivity contribution in [1.82, 2.24) is 0 Å². The molecule has 0 N–H and O–H groups in total. The summed E-state index contributed by atoms with van der Waals surface area (Å²) in [5.74, 6) is -0.861. The van der Waals surface area contributed by atoms with E-state index >= 15 is 0 Å². The molecule has 0 saturated heterocycles. The predicted octanol–water partition coefficient (Wildman–Crippen LogP) is 1.21. The summed E-state index contributed by atoms with van der Waals surface area (Å²) in [5.41, 5.74) is -5.15. The molecular weight excluding hydrogens is 442 g/mol. The van der Waals surface area contributed by atoms with Gasteiger partial charge in [0.25, 0.3) is 0 Å². The predicted molar refractivity (Wildman–Crippen MR) is 98.4 cm³/mol. The van der Waals surface area contributed by atoms with Gasteiger partial charge in [-0.15, -0.1) is 0 Å². The van der Waals surface area contributed by atoms with Gasteiger partial charge in [0.05, 0.1) is 10.0 Å². The number of benzene rings is 3. The zero-order chi connectivity index (χ0) is 19.9. The Morgan fingerprint density at radius 2 is 1.32 bits per heavy atom. The first-order valence-electron chi connectivity index (χ1n) is 7.68. The molecule has 0 unspecified atom stereocenters. The smallest absolute Gasteiger partial charge is 1.00 e. The Balaban J connectivity index is 0.00000210. The summed E-state index contributed by atoms with van der Waals surface area (Å²) in [4.78, 5) is 0. The minimum atomic E-state index is -6.11. The molecule has 5 nitrogen and oxygen atoms in total. The van der Waals surface area contributed by atoms with Gasteiger partial charge in [-0.25, -0.2) is 16.8 Å². The van der Waals surface area contributed by atoms with Crippen LogP contribution in [-0.2, 0) is 26.5 Å². The molecule has 3 rings (SSSR count). The Bertz CT molecular complexity index is 1180. The minimum Gasteiger partial charge on any atom is -1.00 e. The third-order valence-electron chi connectivity index (χ3n) is 4.00. The van der Waals surface area contributed by atoms with Crippen LogP contribution in [0.3, 0.4) is 0 Å². The molecule has 0 atom stereocenters. The fraction of sp³-hybridized carbons (Fsp3) is 0.176. The molecule has 3 aromatic rings. The van der Waals surface area contributed by atoms with Crippen LogP contribution in [0.5, 0.6) is 0 Å². The summed E-state index contributed by atoms with van der Waals surface area (Å²) in [6.45, 7) is 0. The van der Waals surface area contributed by atoms with E-state index in [1.165, 1.54) is 0 Å². The second kappa shape index (κ2) is 8.68. The van der Waals surface area contributed by atoms with Crippen molar-refractivity contribution < 1.29 is 82.8 Å². The number of hydrogen-bond donors (Lipinski definition) is 0. The molecule has 0 bridgehead atoms. The van der Waals surface area contributed by atoms with Gasteiger partial charge in [-0.05, 0) is 39.6 Å². The Morgan fingerprint density at radius 3 is 1.79 bits per heavy atom. The van der Waals surface area contributed by atoms with E-state index in [0.29, 0.717) is 5.56 Å². The fourth-order valence-electron chi connectivity index (χ4n) is 2.84. The van der Waals surface area contributed by atoms with Crippen molar-refractivity contribution in [3.05, 3.63) is 64.3 Å². The van der Waals surface area contributed by atoms with Crippen LogP contribution in [0.1, 0.15) is 6.99 Å². The Morgan fingerprint density at radius 1 is 0.857 bits per heavy atom. The molecule has 0 amide bonds. The van der Waals surface area contributed by atoms with Crippen molar-refractivity contribution in [2.45, 2.75) is 11.9 Å². The number of sulfonamides is 2. The first-order valence-corrected chi connectivity index (χ1v) is 10.7. The number of alkyl halides is 3. The largest absolute Gasteiger partial charge is 1.00 e. The standard InChI is InChI=1S/C17H13F3NO4S2.K.H/c18-17(19,20)27(24,25)21-26(22,23)10-9-16-14-7-3-1-5-12(14)11-13-6-2-4-8-15(13)16;;/h1-8,11H,9-10H2;;/q-1;+1;-1. The molecule has 0 saturated carbocycles. The molecular formula is C17H14F3KNO4S2-. The van der Waals surface area contributed by atoms with Crippen LogP contribution in [0.15, 0.2) is 54.6 Å². The molecule has 0 spiro atoms. The molecule has 0 aromatic heterocycles. The van der Waals surface area contributed by atoms with Gasteiger partial charge in [0.1, 0.15) is 0 Å². The summed E-state index contributed by atoms with van der Waals surface area (Å²) >= 11 is 0. The molecule has 28 heavy (non-hydrogen) atoms. The van der Waals surface area contributed by atoms with E-state index < -0.39 is 31.3 Å². The van der Waals surface area contributed by atoms with Crippen LogP contribution < -0.4 is 51.4 Å². The summed E-state index contributed by atoms with van der Waals surface area (Å²) in [5, 5.41) is 3.15. The number of fused-ring (bicyclic) bond motifs is 2. The van der Waals surface area contributed by atoms with E-state index in [2.05, 4.69) is 4.13 Å². The van der Waals surface area contributed by atoms with E-state index in [0.717, 1.165) is 21.5 Å². The summed E-state index contributed by atoms with van der Waals surface area (Å²) in [7, 11) is -10.9. The molecule has 0 fully saturated rings. The normalized spacial score (nSPS) is 12.8. The van der Waals surface area contributed by atoms with Crippen LogP contribution in [0, 0.1) is 0 Å².